The van der Waals surface area contributed by atoms with Gasteiger partial charge < -0.3 is 4.74 Å². The minimum absolute atomic E-state index is 0.219. The largest absolute Gasteiger partial charge is 0.468 e. The number of methoxy groups -OCH3 is 1. The van der Waals surface area contributed by atoms with E-state index in [4.69, 9.17) is 4.74 Å². The fourth-order valence-electron chi connectivity index (χ4n) is 2.31. The summed E-state index contributed by atoms with van der Waals surface area (Å²) >= 11 is 3.57. The zero-order valence-electron chi connectivity index (χ0n) is 12.8. The zero-order chi connectivity index (χ0) is 15.9. The van der Waals surface area contributed by atoms with Crippen LogP contribution in [-0.4, -0.2) is 24.0 Å². The second kappa shape index (κ2) is 8.11. The lowest BCUT2D eigenvalue weighted by Crippen LogP contribution is -2.38. The maximum absolute atomic E-state index is 11.9. The maximum Gasteiger partial charge on any atom is 0.322 e. The lowest BCUT2D eigenvalue weighted by Gasteiger charge is -2.27. The summed E-state index contributed by atoms with van der Waals surface area (Å²) in [4.78, 5) is 14.1. The topological polar surface area (TPSA) is 29.5 Å². The quantitative estimate of drug-likeness (QED) is 0.728. The van der Waals surface area contributed by atoms with E-state index in [1.165, 1.54) is 12.7 Å². The number of carbonyl (C=O) groups is 1. The lowest BCUT2D eigenvalue weighted by molar-refractivity contribution is -0.146. The molecule has 0 fully saturated rings. The van der Waals surface area contributed by atoms with Crippen molar-refractivity contribution in [1.29, 1.82) is 0 Å². The van der Waals surface area contributed by atoms with Crippen LogP contribution in [0.4, 0.5) is 0 Å². The average molecular weight is 362 g/mol. The summed E-state index contributed by atoms with van der Waals surface area (Å²) in [6.45, 7) is 3.25. The number of rotatable bonds is 6. The highest BCUT2D eigenvalue weighted by molar-refractivity contribution is 9.10. The van der Waals surface area contributed by atoms with Crippen LogP contribution >= 0.6 is 15.9 Å². The molecule has 0 saturated heterocycles. The standard InChI is InChI=1S/C18H20BrNO2/c1-14(18(21)22-2)20(12-15-8-4-3-5-9-15)13-16-10-6-7-11-17(16)19/h3-11,14H,12-13H2,1-2H3/t14-/m0/s1. The van der Waals surface area contributed by atoms with Crippen LogP contribution in [0.3, 0.4) is 0 Å². The Hall–Kier alpha value is -1.65. The Morgan fingerprint density at radius 1 is 1.09 bits per heavy atom. The minimum Gasteiger partial charge on any atom is -0.468 e. The van der Waals surface area contributed by atoms with Crippen LogP contribution in [0.1, 0.15) is 18.1 Å². The van der Waals surface area contributed by atoms with Crippen LogP contribution in [0.2, 0.25) is 0 Å². The smallest absolute Gasteiger partial charge is 0.322 e. The van der Waals surface area contributed by atoms with Crippen molar-refractivity contribution in [3.63, 3.8) is 0 Å². The van der Waals surface area contributed by atoms with Gasteiger partial charge in [-0.25, -0.2) is 0 Å². The molecule has 0 bridgehead atoms. The van der Waals surface area contributed by atoms with Gasteiger partial charge in [-0.1, -0.05) is 64.5 Å². The zero-order valence-corrected chi connectivity index (χ0v) is 14.4. The Labute approximate surface area is 140 Å². The van der Waals surface area contributed by atoms with E-state index < -0.39 is 0 Å². The number of hydrogen-bond acceptors (Lipinski definition) is 3. The van der Waals surface area contributed by atoms with Gasteiger partial charge in [0.1, 0.15) is 6.04 Å². The Balaban J connectivity index is 2.21. The molecule has 0 saturated carbocycles. The fourth-order valence-corrected chi connectivity index (χ4v) is 2.72. The molecule has 0 N–H and O–H groups in total. The van der Waals surface area contributed by atoms with E-state index in [9.17, 15) is 4.79 Å². The van der Waals surface area contributed by atoms with Crippen LogP contribution < -0.4 is 0 Å². The number of halogens is 1. The molecule has 2 rings (SSSR count). The normalized spacial score (nSPS) is 12.2. The van der Waals surface area contributed by atoms with E-state index in [-0.39, 0.29) is 12.0 Å². The van der Waals surface area contributed by atoms with Gasteiger partial charge in [-0.2, -0.15) is 0 Å². The third kappa shape index (κ3) is 4.42. The van der Waals surface area contributed by atoms with Crippen molar-refractivity contribution >= 4 is 21.9 Å². The van der Waals surface area contributed by atoms with Gasteiger partial charge in [-0.05, 0) is 24.1 Å². The first-order chi connectivity index (χ1) is 10.6. The van der Waals surface area contributed by atoms with Gasteiger partial charge in [0.05, 0.1) is 7.11 Å². The third-order valence-electron chi connectivity index (χ3n) is 3.65. The molecule has 116 valence electrons. The van der Waals surface area contributed by atoms with Crippen LogP contribution in [-0.2, 0) is 22.6 Å². The van der Waals surface area contributed by atoms with Gasteiger partial charge in [0, 0.05) is 17.6 Å². The van der Waals surface area contributed by atoms with Crippen molar-refractivity contribution in [2.24, 2.45) is 0 Å². The average Bonchev–Trinajstić information content (AvgIpc) is 2.55. The fraction of sp³-hybridized carbons (Fsp3) is 0.278. The van der Waals surface area contributed by atoms with Crippen molar-refractivity contribution < 1.29 is 9.53 Å². The predicted octanol–water partition coefficient (Wildman–Crippen LogP) is 4.01. The van der Waals surface area contributed by atoms with E-state index >= 15 is 0 Å². The number of ether oxygens (including phenoxy) is 1. The monoisotopic (exact) mass is 361 g/mol. The second-order valence-electron chi connectivity index (χ2n) is 5.18. The number of nitrogens with zero attached hydrogens (tertiary/aromatic N) is 1. The van der Waals surface area contributed by atoms with Crippen LogP contribution in [0, 0.1) is 0 Å². The summed E-state index contributed by atoms with van der Waals surface area (Å²) in [6.07, 6.45) is 0. The molecule has 0 radical (unpaired) electrons. The molecule has 3 nitrogen and oxygen atoms in total. The molecule has 22 heavy (non-hydrogen) atoms. The summed E-state index contributed by atoms with van der Waals surface area (Å²) in [7, 11) is 1.43. The van der Waals surface area contributed by atoms with Crippen molar-refractivity contribution in [2.45, 2.75) is 26.1 Å². The molecule has 0 heterocycles. The van der Waals surface area contributed by atoms with Crippen molar-refractivity contribution in [3.8, 4) is 0 Å². The van der Waals surface area contributed by atoms with Gasteiger partial charge in [0.2, 0.25) is 0 Å². The first-order valence-electron chi connectivity index (χ1n) is 7.21. The predicted molar refractivity (Wildman–Crippen MR) is 91.3 cm³/mol. The van der Waals surface area contributed by atoms with Gasteiger partial charge in [0.15, 0.2) is 0 Å². The molecular formula is C18H20BrNO2. The van der Waals surface area contributed by atoms with Gasteiger partial charge in [-0.3, -0.25) is 9.69 Å². The second-order valence-corrected chi connectivity index (χ2v) is 6.04. The van der Waals surface area contributed by atoms with Crippen molar-refractivity contribution in [1.82, 2.24) is 4.90 Å². The Morgan fingerprint density at radius 2 is 1.73 bits per heavy atom. The SMILES string of the molecule is COC(=O)[C@H](C)N(Cc1ccccc1)Cc1ccccc1Br. The first-order valence-corrected chi connectivity index (χ1v) is 8.00. The van der Waals surface area contributed by atoms with Crippen LogP contribution in [0.15, 0.2) is 59.1 Å². The van der Waals surface area contributed by atoms with Crippen molar-refractivity contribution in [3.05, 3.63) is 70.2 Å². The third-order valence-corrected chi connectivity index (χ3v) is 4.42. The van der Waals surface area contributed by atoms with Gasteiger partial charge in [0.25, 0.3) is 0 Å². The Bertz CT molecular complexity index is 615. The summed E-state index contributed by atoms with van der Waals surface area (Å²) in [6, 6.07) is 17.9. The lowest BCUT2D eigenvalue weighted by atomic mass is 10.1. The van der Waals surface area contributed by atoms with Crippen LogP contribution in [0.25, 0.3) is 0 Å². The van der Waals surface area contributed by atoms with E-state index in [1.54, 1.807) is 0 Å². The molecule has 2 aromatic rings. The molecule has 0 amide bonds. The highest BCUT2D eigenvalue weighted by atomic mass is 79.9. The Kier molecular flexibility index (Phi) is 6.16. The summed E-state index contributed by atoms with van der Waals surface area (Å²) < 4.78 is 5.95. The molecule has 0 aliphatic rings. The van der Waals surface area contributed by atoms with E-state index in [0.29, 0.717) is 13.1 Å². The number of carbonyl (C=O) groups excluding carboxylic acids is 1. The summed E-state index contributed by atoms with van der Waals surface area (Å²) in [5, 5.41) is 0. The Morgan fingerprint density at radius 3 is 2.36 bits per heavy atom. The number of esters is 1. The molecule has 4 heteroatoms. The molecule has 0 aliphatic carbocycles. The molecule has 1 atom stereocenters. The summed E-state index contributed by atoms with van der Waals surface area (Å²) in [5.74, 6) is -0.219. The van der Waals surface area contributed by atoms with Gasteiger partial charge >= 0.3 is 5.97 Å². The maximum atomic E-state index is 11.9. The van der Waals surface area contributed by atoms with Crippen molar-refractivity contribution in [2.75, 3.05) is 7.11 Å². The summed E-state index contributed by atoms with van der Waals surface area (Å²) in [5.41, 5.74) is 2.32. The molecular weight excluding hydrogens is 342 g/mol. The molecule has 2 aromatic carbocycles. The first kappa shape index (κ1) is 16.7. The molecule has 0 aliphatic heterocycles. The molecule has 0 spiro atoms. The number of hydrogen-bond donors (Lipinski definition) is 0. The number of benzene rings is 2. The highest BCUT2D eigenvalue weighted by Gasteiger charge is 2.22. The highest BCUT2D eigenvalue weighted by Crippen LogP contribution is 2.20. The van der Waals surface area contributed by atoms with Crippen LogP contribution in [0.5, 0.6) is 0 Å². The van der Waals surface area contributed by atoms with E-state index in [1.807, 2.05) is 43.3 Å². The van der Waals surface area contributed by atoms with E-state index in [2.05, 4.69) is 39.0 Å². The van der Waals surface area contributed by atoms with E-state index in [0.717, 1.165) is 10.0 Å². The van der Waals surface area contributed by atoms with Gasteiger partial charge in [-0.15, -0.1) is 0 Å². The minimum atomic E-state index is -0.308. The molecule has 0 unspecified atom stereocenters. The molecule has 0 aromatic heterocycles.